The van der Waals surface area contributed by atoms with Crippen LogP contribution in [0.1, 0.15) is 9.75 Å². The van der Waals surface area contributed by atoms with E-state index in [1.807, 2.05) is 58.8 Å². The van der Waals surface area contributed by atoms with Gasteiger partial charge in [0, 0.05) is 57.5 Å². The number of aliphatic carboxylic acids is 1. The maximum atomic E-state index is 10.5. The lowest BCUT2D eigenvalue weighted by molar-refractivity contribution is -0.133. The summed E-state index contributed by atoms with van der Waals surface area (Å²) in [6.07, 6.45) is 0. The summed E-state index contributed by atoms with van der Waals surface area (Å²) in [6.45, 7) is 11.3. The van der Waals surface area contributed by atoms with Crippen molar-refractivity contribution in [1.29, 1.82) is 0 Å². The van der Waals surface area contributed by atoms with Gasteiger partial charge in [0.2, 0.25) is 0 Å². The first kappa shape index (κ1) is 51.3. The zero-order valence-electron chi connectivity index (χ0n) is 35.1. The number of ether oxygens (including phenoxy) is 8. The van der Waals surface area contributed by atoms with E-state index in [4.69, 9.17) is 43.0 Å². The van der Waals surface area contributed by atoms with Crippen molar-refractivity contribution in [2.45, 2.75) is 13.8 Å². The fourth-order valence-corrected chi connectivity index (χ4v) is 15.9. The molecule has 0 unspecified atom stereocenters. The molecule has 0 amide bonds. The molecule has 344 valence electrons. The van der Waals surface area contributed by atoms with E-state index in [9.17, 15) is 4.79 Å². The molecule has 1 N–H and O–H groups in total. The summed E-state index contributed by atoms with van der Waals surface area (Å²) in [6, 6.07) is 12.9. The number of thioether (sulfide) groups is 6. The highest BCUT2D eigenvalue weighted by Gasteiger charge is 2.20. The minimum absolute atomic E-state index is 0.0931. The second-order valence-corrected chi connectivity index (χ2v) is 24.4. The smallest absolute Gasteiger partial charge is 0.313 e. The van der Waals surface area contributed by atoms with Gasteiger partial charge in [-0.15, -0.1) is 57.1 Å². The maximum absolute atomic E-state index is 10.5. The zero-order chi connectivity index (χ0) is 43.9. The van der Waals surface area contributed by atoms with Crippen LogP contribution in [-0.4, -0.2) is 127 Å². The van der Waals surface area contributed by atoms with Crippen LogP contribution < -0.4 is 9.47 Å². The molecule has 0 bridgehead atoms. The van der Waals surface area contributed by atoms with Crippen LogP contribution in [0.15, 0.2) is 66.0 Å². The van der Waals surface area contributed by atoms with Gasteiger partial charge in [0.1, 0.15) is 24.7 Å². The molecule has 4 aromatic heterocycles. The summed E-state index contributed by atoms with van der Waals surface area (Å²) in [5, 5.41) is 15.2. The van der Waals surface area contributed by atoms with Gasteiger partial charge < -0.3 is 43.0 Å². The standard InChI is InChI=1S/C43H52O10S10/c1-30-3-4-36(59-30)41-34(53-18-16-49-10-8-47-12-14-51-20-22-55-29-39(44)45)26-38(63-41)35-5-6-37(62-35)40-33(25-31(2)60-40)52-17-15-48-9-7-46-11-13-50-19-21-54-27-32-28-58-43(61-32)42-56-23-24-57-42/h3-6,23-26,28H,7-22,27,29H2,1-2H3,(H,44,45). The van der Waals surface area contributed by atoms with Crippen molar-refractivity contribution >= 4 is 122 Å². The molecule has 0 aliphatic carbocycles. The fraction of sp³-hybridized carbons (Fsp3) is 0.465. The Balaban J connectivity index is 0.838. The monoisotopic (exact) mass is 1050 g/mol. The molecule has 4 aromatic rings. The predicted molar refractivity (Wildman–Crippen MR) is 277 cm³/mol. The quantitative estimate of drug-likeness (QED) is 0.0457. The van der Waals surface area contributed by atoms with Crippen LogP contribution in [-0.2, 0) is 33.2 Å². The predicted octanol–water partition coefficient (Wildman–Crippen LogP) is 12.4. The van der Waals surface area contributed by atoms with Crippen molar-refractivity contribution in [2.24, 2.45) is 0 Å². The molecule has 0 spiro atoms. The van der Waals surface area contributed by atoms with Gasteiger partial charge in [0.25, 0.3) is 0 Å². The number of carboxylic acids is 1. The van der Waals surface area contributed by atoms with E-state index in [-0.39, 0.29) is 5.75 Å². The summed E-state index contributed by atoms with van der Waals surface area (Å²) >= 11 is 17.7. The summed E-state index contributed by atoms with van der Waals surface area (Å²) in [4.78, 5) is 21.4. The Kier molecular flexibility index (Phi) is 24.2. The second kappa shape index (κ2) is 29.7. The van der Waals surface area contributed by atoms with E-state index >= 15 is 0 Å². The van der Waals surface area contributed by atoms with Gasteiger partial charge in [-0.2, -0.15) is 11.8 Å². The molecule has 0 saturated heterocycles. The number of hydrogen-bond acceptors (Lipinski definition) is 19. The van der Waals surface area contributed by atoms with Gasteiger partial charge in [0.05, 0.1) is 103 Å². The third-order valence-corrected chi connectivity index (χ3v) is 20.2. The van der Waals surface area contributed by atoms with Gasteiger partial charge in [-0.3, -0.25) is 4.79 Å². The average molecular weight is 1050 g/mol. The van der Waals surface area contributed by atoms with E-state index < -0.39 is 5.97 Å². The topological polar surface area (TPSA) is 111 Å². The third kappa shape index (κ3) is 18.5. The van der Waals surface area contributed by atoms with E-state index in [0.29, 0.717) is 91.6 Å². The molecule has 6 heterocycles. The Morgan fingerprint density at radius 3 is 1.70 bits per heavy atom. The van der Waals surface area contributed by atoms with Gasteiger partial charge in [-0.1, -0.05) is 47.0 Å². The second-order valence-electron chi connectivity index (χ2n) is 13.2. The Labute approximate surface area is 412 Å². The number of aryl methyl sites for hydroxylation is 2. The molecule has 0 aromatic carbocycles. The number of carbonyl (C=O) groups is 1. The summed E-state index contributed by atoms with van der Waals surface area (Å²) in [7, 11) is 0. The average Bonchev–Trinajstić information content (AvgIpc) is 4.14. The van der Waals surface area contributed by atoms with Crippen LogP contribution in [0, 0.1) is 13.8 Å². The lowest BCUT2D eigenvalue weighted by Crippen LogP contribution is -2.13. The van der Waals surface area contributed by atoms with Crippen LogP contribution in [0.2, 0.25) is 0 Å². The minimum atomic E-state index is -0.810. The molecular formula is C43H52O10S10. The molecule has 2 aliphatic heterocycles. The maximum Gasteiger partial charge on any atom is 0.313 e. The number of rotatable bonds is 33. The molecule has 0 radical (unpaired) electrons. The van der Waals surface area contributed by atoms with Crippen LogP contribution in [0.25, 0.3) is 29.3 Å². The van der Waals surface area contributed by atoms with Crippen molar-refractivity contribution in [1.82, 2.24) is 0 Å². The molecule has 0 atom stereocenters. The largest absolute Gasteiger partial charge is 0.490 e. The number of thiophene rings is 4. The first-order valence-corrected chi connectivity index (χ1v) is 29.2. The normalized spacial score (nSPS) is 13.8. The van der Waals surface area contributed by atoms with Gasteiger partial charge in [0.15, 0.2) is 0 Å². The van der Waals surface area contributed by atoms with E-state index in [1.165, 1.54) is 49.5 Å². The Morgan fingerprint density at radius 2 is 1.08 bits per heavy atom. The van der Waals surface area contributed by atoms with Crippen LogP contribution in [0.5, 0.6) is 11.5 Å². The molecule has 20 heteroatoms. The Morgan fingerprint density at radius 1 is 0.540 bits per heavy atom. The molecule has 63 heavy (non-hydrogen) atoms. The lowest BCUT2D eigenvalue weighted by Gasteiger charge is -2.08. The third-order valence-electron chi connectivity index (χ3n) is 8.32. The summed E-state index contributed by atoms with van der Waals surface area (Å²) in [5.41, 5.74) is 0. The zero-order valence-corrected chi connectivity index (χ0v) is 43.3. The molecule has 2 aliphatic rings. The highest BCUT2D eigenvalue weighted by Crippen LogP contribution is 2.54. The van der Waals surface area contributed by atoms with Crippen LogP contribution in [0.4, 0.5) is 0 Å². The van der Waals surface area contributed by atoms with Crippen LogP contribution >= 0.6 is 116 Å². The van der Waals surface area contributed by atoms with Crippen molar-refractivity contribution in [2.75, 3.05) is 116 Å². The Hall–Kier alpha value is -1.05. The first-order valence-electron chi connectivity index (χ1n) is 20.2. The first-order chi connectivity index (χ1) is 30.9. The van der Waals surface area contributed by atoms with Crippen molar-refractivity contribution in [3.63, 3.8) is 0 Å². The van der Waals surface area contributed by atoms with Crippen molar-refractivity contribution in [3.8, 4) is 40.8 Å². The fourth-order valence-electron chi connectivity index (χ4n) is 5.51. The van der Waals surface area contributed by atoms with Crippen molar-refractivity contribution in [3.05, 3.63) is 75.8 Å². The summed E-state index contributed by atoms with van der Waals surface area (Å²) in [5.74, 6) is 3.68. The SMILES string of the molecule is Cc1ccc(-c2sc(-c3ccc(-c4sc(C)cc4OCCOCCOCCOCCSCC4=CSC(=C5SC=CS5)S4)s3)cc2OCCOCCOCCOCCSCC(=O)O)s1. The number of hydrogen-bond donors (Lipinski definition) is 1. The summed E-state index contributed by atoms with van der Waals surface area (Å²) < 4.78 is 49.4. The van der Waals surface area contributed by atoms with Gasteiger partial charge >= 0.3 is 5.97 Å². The molecule has 0 saturated carbocycles. The highest BCUT2D eigenvalue weighted by molar-refractivity contribution is 8.33. The molecule has 0 fully saturated rings. The van der Waals surface area contributed by atoms with Crippen molar-refractivity contribution < 1.29 is 47.8 Å². The van der Waals surface area contributed by atoms with E-state index in [0.717, 1.165) is 44.2 Å². The van der Waals surface area contributed by atoms with Crippen LogP contribution in [0.3, 0.4) is 0 Å². The lowest BCUT2D eigenvalue weighted by atomic mass is 10.3. The van der Waals surface area contributed by atoms with E-state index in [2.05, 4.69) is 66.5 Å². The van der Waals surface area contributed by atoms with Gasteiger partial charge in [-0.05, 0) is 60.4 Å². The van der Waals surface area contributed by atoms with E-state index in [1.54, 1.807) is 45.3 Å². The molecule has 6 rings (SSSR count). The number of carboxylic acid groups (broad SMARTS) is 1. The minimum Gasteiger partial charge on any atom is -0.490 e. The molecule has 10 nitrogen and oxygen atoms in total. The molecular weight excluding hydrogens is 997 g/mol. The Bertz CT molecular complexity index is 2060. The van der Waals surface area contributed by atoms with Gasteiger partial charge in [-0.25, -0.2) is 0 Å². The highest BCUT2D eigenvalue weighted by atomic mass is 32.2.